The number of carbonyl (C=O) groups is 2. The highest BCUT2D eigenvalue weighted by Crippen LogP contribution is 2.37. The summed E-state index contributed by atoms with van der Waals surface area (Å²) in [6.07, 6.45) is 0.503. The zero-order valence-electron chi connectivity index (χ0n) is 10.4. The Morgan fingerprint density at radius 1 is 1.35 bits per heavy atom. The van der Waals surface area contributed by atoms with Gasteiger partial charge in [0, 0.05) is 16.8 Å². The summed E-state index contributed by atoms with van der Waals surface area (Å²) in [4.78, 5) is 26.6. The molecule has 1 aromatic rings. The Morgan fingerprint density at radius 3 is 2.59 bits per heavy atom. The highest BCUT2D eigenvalue weighted by molar-refractivity contribution is 7.10. The van der Waals surface area contributed by atoms with Crippen LogP contribution in [0.25, 0.3) is 0 Å². The summed E-state index contributed by atoms with van der Waals surface area (Å²) in [5.41, 5.74) is -0.244. The lowest BCUT2D eigenvalue weighted by molar-refractivity contribution is -0.148. The zero-order valence-corrected chi connectivity index (χ0v) is 11.2. The van der Waals surface area contributed by atoms with Crippen molar-refractivity contribution < 1.29 is 9.59 Å². The summed E-state index contributed by atoms with van der Waals surface area (Å²) >= 11 is 1.61. The molecule has 92 valence electrons. The van der Waals surface area contributed by atoms with Gasteiger partial charge >= 0.3 is 0 Å². The van der Waals surface area contributed by atoms with Crippen molar-refractivity contribution in [3.63, 3.8) is 0 Å². The van der Waals surface area contributed by atoms with Gasteiger partial charge in [-0.15, -0.1) is 11.3 Å². The van der Waals surface area contributed by atoms with Crippen LogP contribution in [0.4, 0.5) is 0 Å². The molecular weight excluding hydrogens is 234 g/mol. The molecule has 4 heteroatoms. The highest BCUT2D eigenvalue weighted by atomic mass is 32.1. The van der Waals surface area contributed by atoms with Crippen molar-refractivity contribution in [2.75, 3.05) is 0 Å². The van der Waals surface area contributed by atoms with Crippen LogP contribution in [-0.4, -0.2) is 22.1 Å². The summed E-state index contributed by atoms with van der Waals surface area (Å²) in [5, 5.41) is 1.99. The van der Waals surface area contributed by atoms with Crippen LogP contribution in [0.3, 0.4) is 0 Å². The van der Waals surface area contributed by atoms with Crippen LogP contribution in [-0.2, 0) is 9.59 Å². The van der Waals surface area contributed by atoms with Gasteiger partial charge in [0.2, 0.25) is 5.91 Å². The van der Waals surface area contributed by atoms with Gasteiger partial charge in [0.15, 0.2) is 0 Å². The van der Waals surface area contributed by atoms with Crippen LogP contribution in [0.15, 0.2) is 17.5 Å². The predicted molar refractivity (Wildman–Crippen MR) is 67.9 cm³/mol. The van der Waals surface area contributed by atoms with Crippen molar-refractivity contribution in [3.8, 4) is 0 Å². The van der Waals surface area contributed by atoms with E-state index in [-0.39, 0.29) is 29.7 Å². The lowest BCUT2D eigenvalue weighted by Gasteiger charge is -2.43. The number of hydrogen-bond donors (Lipinski definition) is 0. The number of piperidine rings is 1. The molecule has 0 spiro atoms. The Balaban J connectivity index is 2.38. The Bertz CT molecular complexity index is 431. The van der Waals surface area contributed by atoms with E-state index in [1.54, 1.807) is 11.3 Å². The fourth-order valence-electron chi connectivity index (χ4n) is 2.36. The van der Waals surface area contributed by atoms with Gasteiger partial charge in [-0.2, -0.15) is 0 Å². The van der Waals surface area contributed by atoms with Gasteiger partial charge in [0.1, 0.15) is 5.78 Å². The van der Waals surface area contributed by atoms with E-state index >= 15 is 0 Å². The Kier molecular flexibility index (Phi) is 3.08. The average Bonchev–Trinajstić information content (AvgIpc) is 2.65. The summed E-state index contributed by atoms with van der Waals surface area (Å²) in [6.45, 7) is 6.05. The smallest absolute Gasteiger partial charge is 0.231 e. The van der Waals surface area contributed by atoms with Gasteiger partial charge in [0.25, 0.3) is 0 Å². The maximum Gasteiger partial charge on any atom is 0.231 e. The number of amides is 1. The standard InChI is InChI=1S/C13H17NO2S/c1-13(2,3)14-10(11-5-4-6-17-11)7-9(15)8-12(14)16/h4-6,10H,7-8H2,1-3H3/t10-/m0/s1. The van der Waals surface area contributed by atoms with Gasteiger partial charge < -0.3 is 4.90 Å². The molecule has 0 aromatic carbocycles. The number of likely N-dealkylation sites (tertiary alicyclic amines) is 1. The van der Waals surface area contributed by atoms with Gasteiger partial charge in [0.05, 0.1) is 12.5 Å². The molecule has 1 aromatic heterocycles. The van der Waals surface area contributed by atoms with Crippen molar-refractivity contribution in [1.29, 1.82) is 0 Å². The molecule has 0 radical (unpaired) electrons. The summed E-state index contributed by atoms with van der Waals surface area (Å²) in [5.74, 6) is 0.000972. The van der Waals surface area contributed by atoms with Crippen LogP contribution in [0, 0.1) is 0 Å². The van der Waals surface area contributed by atoms with Crippen molar-refractivity contribution in [1.82, 2.24) is 4.90 Å². The third-order valence-corrected chi connectivity index (χ3v) is 3.92. The van der Waals surface area contributed by atoms with Crippen LogP contribution in [0.2, 0.25) is 0 Å². The highest BCUT2D eigenvalue weighted by Gasteiger charge is 2.39. The molecule has 0 aliphatic carbocycles. The van der Waals surface area contributed by atoms with Crippen LogP contribution in [0.1, 0.15) is 44.5 Å². The molecule has 1 amide bonds. The summed E-state index contributed by atoms with van der Waals surface area (Å²) < 4.78 is 0. The van der Waals surface area contributed by atoms with Crippen molar-refractivity contribution in [2.45, 2.75) is 45.2 Å². The fourth-order valence-corrected chi connectivity index (χ4v) is 3.17. The molecule has 0 unspecified atom stereocenters. The molecule has 17 heavy (non-hydrogen) atoms. The number of carbonyl (C=O) groups excluding carboxylic acids is 2. The average molecular weight is 251 g/mol. The van der Waals surface area contributed by atoms with Crippen molar-refractivity contribution in [2.24, 2.45) is 0 Å². The molecule has 3 nitrogen and oxygen atoms in total. The zero-order chi connectivity index (χ0) is 12.6. The second kappa shape index (κ2) is 4.26. The van der Waals surface area contributed by atoms with E-state index in [0.29, 0.717) is 6.42 Å². The van der Waals surface area contributed by atoms with Crippen LogP contribution in [0.5, 0.6) is 0 Å². The number of rotatable bonds is 1. The number of ketones is 1. The quantitative estimate of drug-likeness (QED) is 0.720. The SMILES string of the molecule is CC(C)(C)N1C(=O)CC(=O)C[C@H]1c1cccs1. The monoisotopic (exact) mass is 251 g/mol. The van der Waals surface area contributed by atoms with Gasteiger partial charge in [-0.1, -0.05) is 6.07 Å². The minimum absolute atomic E-state index is 0.0489. The second-order valence-electron chi connectivity index (χ2n) is 5.39. The lowest BCUT2D eigenvalue weighted by Crippen LogP contribution is -2.51. The number of thiophene rings is 1. The van der Waals surface area contributed by atoms with Gasteiger partial charge in [-0.25, -0.2) is 0 Å². The molecule has 1 saturated heterocycles. The number of nitrogens with zero attached hydrogens (tertiary/aromatic N) is 1. The third kappa shape index (κ3) is 2.41. The number of hydrogen-bond acceptors (Lipinski definition) is 3. The fraction of sp³-hybridized carbons (Fsp3) is 0.538. The maximum absolute atomic E-state index is 12.1. The van der Waals surface area contributed by atoms with Crippen LogP contribution < -0.4 is 0 Å². The molecule has 0 saturated carbocycles. The van der Waals surface area contributed by atoms with Crippen LogP contribution >= 0.6 is 11.3 Å². The minimum atomic E-state index is -0.244. The van der Waals surface area contributed by atoms with E-state index in [1.165, 1.54) is 0 Å². The minimum Gasteiger partial charge on any atom is -0.329 e. The molecule has 1 atom stereocenters. The summed E-state index contributed by atoms with van der Waals surface area (Å²) in [6, 6.07) is 3.88. The van der Waals surface area contributed by atoms with E-state index < -0.39 is 0 Å². The van der Waals surface area contributed by atoms with Gasteiger partial charge in [-0.05, 0) is 32.2 Å². The van der Waals surface area contributed by atoms with E-state index in [9.17, 15) is 9.59 Å². The molecule has 0 N–H and O–H groups in total. The molecule has 1 aliphatic heterocycles. The predicted octanol–water partition coefficient (Wildman–Crippen LogP) is 2.78. The Hall–Kier alpha value is -1.16. The normalized spacial score (nSPS) is 22.1. The first-order valence-corrected chi connectivity index (χ1v) is 6.65. The summed E-state index contributed by atoms with van der Waals surface area (Å²) in [7, 11) is 0. The molecule has 1 fully saturated rings. The maximum atomic E-state index is 12.1. The lowest BCUT2D eigenvalue weighted by atomic mass is 9.92. The van der Waals surface area contributed by atoms with E-state index in [4.69, 9.17) is 0 Å². The van der Waals surface area contributed by atoms with Crippen molar-refractivity contribution >= 4 is 23.0 Å². The molecular formula is C13H17NO2S. The molecule has 1 aliphatic rings. The van der Waals surface area contributed by atoms with Gasteiger partial charge in [-0.3, -0.25) is 9.59 Å². The Morgan fingerprint density at radius 2 is 2.06 bits per heavy atom. The second-order valence-corrected chi connectivity index (χ2v) is 6.36. The molecule has 2 heterocycles. The first-order chi connectivity index (χ1) is 7.89. The topological polar surface area (TPSA) is 37.4 Å². The Labute approximate surface area is 105 Å². The molecule has 2 rings (SSSR count). The third-order valence-electron chi connectivity index (χ3n) is 2.94. The number of Topliss-reactive ketones (excluding diaryl/α,β-unsaturated/α-hetero) is 1. The largest absolute Gasteiger partial charge is 0.329 e. The first-order valence-electron chi connectivity index (χ1n) is 5.77. The first kappa shape index (κ1) is 12.3. The van der Waals surface area contributed by atoms with E-state index in [1.807, 2.05) is 43.2 Å². The van der Waals surface area contributed by atoms with E-state index in [2.05, 4.69) is 0 Å². The van der Waals surface area contributed by atoms with E-state index in [0.717, 1.165) is 4.88 Å². The van der Waals surface area contributed by atoms with Crippen molar-refractivity contribution in [3.05, 3.63) is 22.4 Å². The molecule has 0 bridgehead atoms.